The maximum Gasteiger partial charge on any atom is 0.238 e. The fourth-order valence-electron chi connectivity index (χ4n) is 2.15. The molecule has 0 saturated heterocycles. The predicted octanol–water partition coefficient (Wildman–Crippen LogP) is 0.0603. The fourth-order valence-corrected chi connectivity index (χ4v) is 2.67. The van der Waals surface area contributed by atoms with Gasteiger partial charge < -0.3 is 5.32 Å². The summed E-state index contributed by atoms with van der Waals surface area (Å²) in [4.78, 5) is 8.39. The van der Waals surface area contributed by atoms with Crippen LogP contribution in [-0.4, -0.2) is 39.9 Å². The first-order chi connectivity index (χ1) is 10.9. The van der Waals surface area contributed by atoms with Crippen molar-refractivity contribution in [3.05, 3.63) is 36.2 Å². The first-order valence-corrected chi connectivity index (χ1v) is 8.36. The molecule has 1 aromatic carbocycles. The number of rotatable bonds is 5. The van der Waals surface area contributed by atoms with Crippen LogP contribution < -0.4 is 10.5 Å². The molecule has 0 aliphatic rings. The summed E-state index contributed by atoms with van der Waals surface area (Å²) in [7, 11) is -1.89. The van der Waals surface area contributed by atoms with Crippen molar-refractivity contribution in [1.82, 2.24) is 25.0 Å². The largest absolute Gasteiger partial charge is 0.368 e. The molecular weight excluding hydrogens is 318 g/mol. The van der Waals surface area contributed by atoms with Crippen LogP contribution >= 0.6 is 0 Å². The molecule has 3 rings (SSSR count). The van der Waals surface area contributed by atoms with Crippen LogP contribution in [0.3, 0.4) is 0 Å². The molecule has 23 heavy (non-hydrogen) atoms. The smallest absolute Gasteiger partial charge is 0.238 e. The highest BCUT2D eigenvalue weighted by Gasteiger charge is 2.09. The molecule has 0 fully saturated rings. The molecule has 2 heterocycles. The highest BCUT2D eigenvalue weighted by atomic mass is 32.2. The third-order valence-electron chi connectivity index (χ3n) is 3.35. The van der Waals surface area contributed by atoms with E-state index in [9.17, 15) is 8.42 Å². The van der Waals surface area contributed by atoms with E-state index in [1.54, 1.807) is 23.9 Å². The summed E-state index contributed by atoms with van der Waals surface area (Å²) in [6, 6.07) is 6.46. The van der Waals surface area contributed by atoms with E-state index in [1.807, 2.05) is 0 Å². The second-order valence-corrected chi connectivity index (χ2v) is 6.53. The first-order valence-electron chi connectivity index (χ1n) is 6.81. The number of hydrogen-bond acceptors (Lipinski definition) is 7. The van der Waals surface area contributed by atoms with Crippen molar-refractivity contribution in [2.75, 3.05) is 11.9 Å². The zero-order valence-electron chi connectivity index (χ0n) is 12.3. The summed E-state index contributed by atoms with van der Waals surface area (Å²) in [5, 5.41) is 16.2. The Balaban J connectivity index is 1.67. The Kier molecular flexibility index (Phi) is 3.92. The van der Waals surface area contributed by atoms with Crippen molar-refractivity contribution >= 4 is 27.0 Å². The van der Waals surface area contributed by atoms with E-state index >= 15 is 0 Å². The number of primary sulfonamides is 1. The van der Waals surface area contributed by atoms with Gasteiger partial charge >= 0.3 is 0 Å². The number of anilines is 1. The van der Waals surface area contributed by atoms with Gasteiger partial charge in [-0.1, -0.05) is 17.3 Å². The number of sulfonamides is 1. The van der Waals surface area contributed by atoms with Crippen LogP contribution in [-0.2, 0) is 23.5 Å². The lowest BCUT2D eigenvalue weighted by molar-refractivity contribution is 0.598. The van der Waals surface area contributed by atoms with E-state index in [4.69, 9.17) is 5.14 Å². The van der Waals surface area contributed by atoms with Crippen molar-refractivity contribution < 1.29 is 8.42 Å². The molecule has 3 N–H and O–H groups in total. The summed E-state index contributed by atoms with van der Waals surface area (Å²) in [6.07, 6.45) is 2.14. The molecule has 2 aromatic heterocycles. The van der Waals surface area contributed by atoms with E-state index in [2.05, 4.69) is 25.6 Å². The zero-order chi connectivity index (χ0) is 16.4. The number of nitrogens with zero attached hydrogens (tertiary/aromatic N) is 5. The van der Waals surface area contributed by atoms with Crippen LogP contribution in [0.15, 0.2) is 35.5 Å². The van der Waals surface area contributed by atoms with Gasteiger partial charge in [-0.25, -0.2) is 28.2 Å². The molecule has 0 saturated carbocycles. The van der Waals surface area contributed by atoms with E-state index in [0.29, 0.717) is 29.9 Å². The molecule has 9 nitrogen and oxygen atoms in total. The maximum atomic E-state index is 11.2. The van der Waals surface area contributed by atoms with E-state index in [1.165, 1.54) is 18.5 Å². The summed E-state index contributed by atoms with van der Waals surface area (Å²) in [5.74, 6) is 0.615. The number of benzene rings is 1. The molecule has 0 atom stereocenters. The van der Waals surface area contributed by atoms with Gasteiger partial charge in [-0.2, -0.15) is 0 Å². The maximum absolute atomic E-state index is 11.2. The number of nitrogens with two attached hydrogens (primary N) is 1. The van der Waals surface area contributed by atoms with Gasteiger partial charge in [-0.3, -0.25) is 0 Å². The zero-order valence-corrected chi connectivity index (χ0v) is 13.2. The minimum atomic E-state index is -3.66. The standard InChI is InChI=1S/C13H15N7O2S/c1-20-13-11(18-19-20)12(16-8-17-13)15-7-6-9-2-4-10(5-3-9)23(14,21)22/h2-5,8H,6-7H2,1H3,(H2,14,21,22)(H,15,16,17). The van der Waals surface area contributed by atoms with E-state index in [0.717, 1.165) is 5.56 Å². The van der Waals surface area contributed by atoms with Gasteiger partial charge in [0.1, 0.15) is 6.33 Å². The van der Waals surface area contributed by atoms with Gasteiger partial charge in [0, 0.05) is 13.6 Å². The van der Waals surface area contributed by atoms with Crippen molar-refractivity contribution in [2.45, 2.75) is 11.3 Å². The van der Waals surface area contributed by atoms with Gasteiger partial charge in [0.25, 0.3) is 0 Å². The Morgan fingerprint density at radius 2 is 1.96 bits per heavy atom. The molecule has 0 radical (unpaired) electrons. The quantitative estimate of drug-likeness (QED) is 0.675. The van der Waals surface area contributed by atoms with E-state index < -0.39 is 10.0 Å². The summed E-state index contributed by atoms with van der Waals surface area (Å²) in [6.45, 7) is 0.609. The minimum Gasteiger partial charge on any atom is -0.368 e. The Morgan fingerprint density at radius 3 is 2.65 bits per heavy atom. The Labute approximate surface area is 132 Å². The number of aryl methyl sites for hydroxylation is 1. The normalized spacial score (nSPS) is 11.7. The van der Waals surface area contributed by atoms with Gasteiger partial charge in [-0.05, 0) is 24.1 Å². The first kappa shape index (κ1) is 15.3. The lowest BCUT2D eigenvalue weighted by Crippen LogP contribution is -2.12. The molecule has 3 aromatic rings. The van der Waals surface area contributed by atoms with E-state index in [-0.39, 0.29) is 4.90 Å². The van der Waals surface area contributed by atoms with Crippen LogP contribution in [0.4, 0.5) is 5.82 Å². The minimum absolute atomic E-state index is 0.103. The van der Waals surface area contributed by atoms with Gasteiger partial charge in [-0.15, -0.1) is 5.10 Å². The molecule has 10 heteroatoms. The van der Waals surface area contributed by atoms with Gasteiger partial charge in [0.15, 0.2) is 17.0 Å². The monoisotopic (exact) mass is 333 g/mol. The average Bonchev–Trinajstić information content (AvgIpc) is 2.90. The Morgan fingerprint density at radius 1 is 1.22 bits per heavy atom. The predicted molar refractivity (Wildman–Crippen MR) is 84.1 cm³/mol. The van der Waals surface area contributed by atoms with Crippen LogP contribution in [0, 0.1) is 0 Å². The van der Waals surface area contributed by atoms with Crippen LogP contribution in [0.2, 0.25) is 0 Å². The summed E-state index contributed by atoms with van der Waals surface area (Å²) in [5.41, 5.74) is 2.24. The second-order valence-electron chi connectivity index (χ2n) is 4.97. The number of nitrogens with one attached hydrogen (secondary N) is 1. The van der Waals surface area contributed by atoms with Gasteiger partial charge in [0.2, 0.25) is 10.0 Å². The Hall–Kier alpha value is -2.59. The Bertz CT molecular complexity index is 935. The number of hydrogen-bond donors (Lipinski definition) is 2. The molecule has 0 bridgehead atoms. The highest BCUT2D eigenvalue weighted by molar-refractivity contribution is 7.89. The SMILES string of the molecule is Cn1nnc2c(NCCc3ccc(S(N)(=O)=O)cc3)ncnc21. The highest BCUT2D eigenvalue weighted by Crippen LogP contribution is 2.15. The molecular formula is C13H15N7O2S. The molecule has 120 valence electrons. The molecule has 0 aliphatic heterocycles. The van der Waals surface area contributed by atoms with Crippen LogP contribution in [0.5, 0.6) is 0 Å². The van der Waals surface area contributed by atoms with Crippen molar-refractivity contribution in [1.29, 1.82) is 0 Å². The topological polar surface area (TPSA) is 129 Å². The number of aromatic nitrogens is 5. The molecule has 0 spiro atoms. The lowest BCUT2D eigenvalue weighted by atomic mass is 10.1. The second kappa shape index (κ2) is 5.89. The molecule has 0 unspecified atom stereocenters. The average molecular weight is 333 g/mol. The summed E-state index contributed by atoms with van der Waals surface area (Å²) < 4.78 is 24.0. The summed E-state index contributed by atoms with van der Waals surface area (Å²) >= 11 is 0. The third kappa shape index (κ3) is 3.27. The third-order valence-corrected chi connectivity index (χ3v) is 4.28. The van der Waals surface area contributed by atoms with Crippen molar-refractivity contribution in [3.8, 4) is 0 Å². The van der Waals surface area contributed by atoms with Crippen LogP contribution in [0.1, 0.15) is 5.56 Å². The molecule has 0 amide bonds. The van der Waals surface area contributed by atoms with Crippen molar-refractivity contribution in [2.24, 2.45) is 12.2 Å². The van der Waals surface area contributed by atoms with Crippen molar-refractivity contribution in [3.63, 3.8) is 0 Å². The molecule has 0 aliphatic carbocycles. The van der Waals surface area contributed by atoms with Crippen LogP contribution in [0.25, 0.3) is 11.2 Å². The fraction of sp³-hybridized carbons (Fsp3) is 0.231. The lowest BCUT2D eigenvalue weighted by Gasteiger charge is -2.06. The number of fused-ring (bicyclic) bond motifs is 1. The van der Waals surface area contributed by atoms with Gasteiger partial charge in [0.05, 0.1) is 4.90 Å².